The lowest BCUT2D eigenvalue weighted by molar-refractivity contribution is 0.00848. The lowest BCUT2D eigenvalue weighted by Gasteiger charge is -2.31. The van der Waals surface area contributed by atoms with Crippen molar-refractivity contribution in [3.05, 3.63) is 12.7 Å². The molecule has 0 amide bonds. The Kier molecular flexibility index (Phi) is 7.77. The molecule has 2 saturated carbocycles. The van der Waals surface area contributed by atoms with Crippen molar-refractivity contribution < 1.29 is 9.13 Å². The van der Waals surface area contributed by atoms with Gasteiger partial charge in [-0.2, -0.15) is 0 Å². The molecule has 0 spiro atoms. The summed E-state index contributed by atoms with van der Waals surface area (Å²) in [6, 6.07) is 0. The number of hydrogen-bond donors (Lipinski definition) is 0. The van der Waals surface area contributed by atoms with E-state index in [2.05, 4.69) is 6.58 Å². The minimum Gasteiger partial charge on any atom is -0.378 e. The van der Waals surface area contributed by atoms with Crippen LogP contribution in [0, 0.1) is 11.8 Å². The van der Waals surface area contributed by atoms with E-state index in [1.807, 2.05) is 6.08 Å². The molecule has 0 aromatic heterocycles. The van der Waals surface area contributed by atoms with Crippen LogP contribution in [0.4, 0.5) is 4.39 Å². The number of rotatable bonds is 8. The first-order valence-electron chi connectivity index (χ1n) is 9.16. The molecule has 0 heterocycles. The van der Waals surface area contributed by atoms with E-state index in [1.165, 1.54) is 32.1 Å². The Balaban J connectivity index is 1.58. The van der Waals surface area contributed by atoms with Crippen molar-refractivity contribution in [3.8, 4) is 0 Å². The highest BCUT2D eigenvalue weighted by Crippen LogP contribution is 2.34. The van der Waals surface area contributed by atoms with Gasteiger partial charge >= 0.3 is 0 Å². The van der Waals surface area contributed by atoms with Gasteiger partial charge in [-0.3, -0.25) is 0 Å². The number of hydrogen-bond acceptors (Lipinski definition) is 1. The van der Waals surface area contributed by atoms with Crippen LogP contribution in [0.3, 0.4) is 0 Å². The van der Waals surface area contributed by atoms with Gasteiger partial charge in [-0.05, 0) is 56.8 Å². The standard InChI is InChI=1S/C19H33FO/c1-2-3-15-21-18-12-10-17(11-13-18)19(20)14-9-16-7-5-4-6-8-16/h2,16-19H,1,3-15H2. The second kappa shape index (κ2) is 9.61. The van der Waals surface area contributed by atoms with Crippen molar-refractivity contribution in [1.29, 1.82) is 0 Å². The minimum atomic E-state index is -0.568. The second-order valence-electron chi connectivity index (χ2n) is 7.08. The van der Waals surface area contributed by atoms with Gasteiger partial charge in [0.25, 0.3) is 0 Å². The smallest absolute Gasteiger partial charge is 0.103 e. The molecular weight excluding hydrogens is 263 g/mol. The van der Waals surface area contributed by atoms with Crippen LogP contribution in [-0.2, 0) is 4.74 Å². The molecule has 122 valence electrons. The fraction of sp³-hybridized carbons (Fsp3) is 0.895. The van der Waals surface area contributed by atoms with Crippen LogP contribution in [0.1, 0.15) is 77.0 Å². The summed E-state index contributed by atoms with van der Waals surface area (Å²) in [6.45, 7) is 4.49. The minimum absolute atomic E-state index is 0.299. The molecule has 0 saturated heterocycles. The van der Waals surface area contributed by atoms with Gasteiger partial charge < -0.3 is 4.74 Å². The summed E-state index contributed by atoms with van der Waals surface area (Å²) in [7, 11) is 0. The van der Waals surface area contributed by atoms with Gasteiger partial charge in [0.05, 0.1) is 12.7 Å². The molecule has 2 fully saturated rings. The topological polar surface area (TPSA) is 9.23 Å². The molecule has 1 unspecified atom stereocenters. The SMILES string of the molecule is C=CCCOC1CCC(C(F)CCC2CCCCC2)CC1. The zero-order valence-corrected chi connectivity index (χ0v) is 13.6. The second-order valence-corrected chi connectivity index (χ2v) is 7.08. The van der Waals surface area contributed by atoms with Crippen LogP contribution < -0.4 is 0 Å². The molecule has 1 nitrogen and oxygen atoms in total. The first kappa shape index (κ1) is 17.0. The van der Waals surface area contributed by atoms with Gasteiger partial charge in [0.1, 0.15) is 6.17 Å². The van der Waals surface area contributed by atoms with E-state index in [9.17, 15) is 4.39 Å². The summed E-state index contributed by atoms with van der Waals surface area (Å²) < 4.78 is 20.2. The molecule has 2 aliphatic rings. The Hall–Kier alpha value is -0.370. The average Bonchev–Trinajstić information content (AvgIpc) is 2.54. The third kappa shape index (κ3) is 6.10. The zero-order chi connectivity index (χ0) is 14.9. The van der Waals surface area contributed by atoms with Gasteiger partial charge in [0.2, 0.25) is 0 Å². The maximum atomic E-state index is 14.4. The average molecular weight is 296 g/mol. The van der Waals surface area contributed by atoms with E-state index in [1.54, 1.807) is 0 Å². The largest absolute Gasteiger partial charge is 0.378 e. The van der Waals surface area contributed by atoms with Gasteiger partial charge in [-0.15, -0.1) is 6.58 Å². The molecule has 1 atom stereocenters. The molecule has 0 N–H and O–H groups in total. The van der Waals surface area contributed by atoms with Crippen LogP contribution in [0.5, 0.6) is 0 Å². The Bertz CT molecular complexity index is 277. The highest BCUT2D eigenvalue weighted by atomic mass is 19.1. The summed E-state index contributed by atoms with van der Waals surface area (Å²) in [5.74, 6) is 1.11. The van der Waals surface area contributed by atoms with E-state index >= 15 is 0 Å². The fourth-order valence-electron chi connectivity index (χ4n) is 4.04. The maximum absolute atomic E-state index is 14.4. The summed E-state index contributed by atoms with van der Waals surface area (Å²) in [4.78, 5) is 0. The first-order valence-corrected chi connectivity index (χ1v) is 9.16. The van der Waals surface area contributed by atoms with Crippen molar-refractivity contribution in [2.24, 2.45) is 11.8 Å². The Morgan fingerprint density at radius 3 is 2.43 bits per heavy atom. The van der Waals surface area contributed by atoms with Gasteiger partial charge in [0.15, 0.2) is 0 Å². The lowest BCUT2D eigenvalue weighted by atomic mass is 9.80. The third-order valence-corrected chi connectivity index (χ3v) is 5.48. The highest BCUT2D eigenvalue weighted by Gasteiger charge is 2.28. The summed E-state index contributed by atoms with van der Waals surface area (Å²) in [5.41, 5.74) is 0. The van der Waals surface area contributed by atoms with Crippen molar-refractivity contribution in [3.63, 3.8) is 0 Å². The summed E-state index contributed by atoms with van der Waals surface area (Å²) in [6.07, 6.45) is 15.5. The van der Waals surface area contributed by atoms with E-state index in [0.717, 1.165) is 57.5 Å². The molecule has 2 aliphatic carbocycles. The van der Waals surface area contributed by atoms with Crippen LogP contribution in [0.25, 0.3) is 0 Å². The Morgan fingerprint density at radius 1 is 1.05 bits per heavy atom. The summed E-state index contributed by atoms with van der Waals surface area (Å²) >= 11 is 0. The Morgan fingerprint density at radius 2 is 1.76 bits per heavy atom. The van der Waals surface area contributed by atoms with Crippen LogP contribution in [0.2, 0.25) is 0 Å². The van der Waals surface area contributed by atoms with Gasteiger partial charge in [-0.1, -0.05) is 38.2 Å². The number of halogens is 1. The van der Waals surface area contributed by atoms with E-state index in [0.29, 0.717) is 12.0 Å². The third-order valence-electron chi connectivity index (χ3n) is 5.48. The molecule has 0 aliphatic heterocycles. The Labute approximate surface area is 130 Å². The normalized spacial score (nSPS) is 29.2. The molecule has 21 heavy (non-hydrogen) atoms. The number of alkyl halides is 1. The van der Waals surface area contributed by atoms with Crippen LogP contribution in [0.15, 0.2) is 12.7 Å². The summed E-state index contributed by atoms with van der Waals surface area (Å²) in [5, 5.41) is 0. The molecule has 0 aromatic rings. The van der Waals surface area contributed by atoms with E-state index < -0.39 is 6.17 Å². The fourth-order valence-corrected chi connectivity index (χ4v) is 4.04. The molecule has 2 rings (SSSR count). The van der Waals surface area contributed by atoms with Gasteiger partial charge in [-0.25, -0.2) is 4.39 Å². The first-order chi connectivity index (χ1) is 10.3. The van der Waals surface area contributed by atoms with Gasteiger partial charge in [0, 0.05) is 0 Å². The van der Waals surface area contributed by atoms with E-state index in [4.69, 9.17) is 4.74 Å². The molecule has 0 bridgehead atoms. The van der Waals surface area contributed by atoms with E-state index in [-0.39, 0.29) is 0 Å². The van der Waals surface area contributed by atoms with Crippen molar-refractivity contribution in [1.82, 2.24) is 0 Å². The lowest BCUT2D eigenvalue weighted by Crippen LogP contribution is -2.27. The van der Waals surface area contributed by atoms with Crippen LogP contribution in [-0.4, -0.2) is 18.9 Å². The number of ether oxygens (including phenoxy) is 1. The van der Waals surface area contributed by atoms with Crippen molar-refractivity contribution in [2.45, 2.75) is 89.3 Å². The zero-order valence-electron chi connectivity index (χ0n) is 13.6. The maximum Gasteiger partial charge on any atom is 0.103 e. The predicted octanol–water partition coefficient (Wildman–Crippen LogP) is 5.84. The quantitative estimate of drug-likeness (QED) is 0.404. The van der Waals surface area contributed by atoms with Crippen LogP contribution >= 0.6 is 0 Å². The monoisotopic (exact) mass is 296 g/mol. The molecule has 2 heteroatoms. The van der Waals surface area contributed by atoms with Crippen molar-refractivity contribution in [2.75, 3.05) is 6.61 Å². The molecular formula is C19H33FO. The molecule has 0 aromatic carbocycles. The van der Waals surface area contributed by atoms with Crippen molar-refractivity contribution >= 4 is 0 Å². The highest BCUT2D eigenvalue weighted by molar-refractivity contribution is 4.79. The predicted molar refractivity (Wildman–Crippen MR) is 87.2 cm³/mol. The molecule has 0 radical (unpaired) electrons.